The molecule has 42 heavy (non-hydrogen) atoms. The molecule has 224 valence electrons. The Labute approximate surface area is 252 Å². The molecule has 5 heteroatoms. The quantitative estimate of drug-likeness (QED) is 0.0555. The second-order valence-corrected chi connectivity index (χ2v) is 10.3. The van der Waals surface area contributed by atoms with Crippen molar-refractivity contribution in [3.8, 4) is 28.4 Å². The van der Waals surface area contributed by atoms with E-state index in [9.17, 15) is 0 Å². The van der Waals surface area contributed by atoms with E-state index in [-0.39, 0.29) is 0 Å². The zero-order chi connectivity index (χ0) is 29.8. The second-order valence-electron chi connectivity index (χ2n) is 10.3. The van der Waals surface area contributed by atoms with E-state index >= 15 is 0 Å². The molecular formula is C37H47NO4. The summed E-state index contributed by atoms with van der Waals surface area (Å²) in [6, 6.07) is 22.1. The monoisotopic (exact) mass is 569 g/mol. The van der Waals surface area contributed by atoms with E-state index in [0.29, 0.717) is 11.5 Å². The van der Waals surface area contributed by atoms with Crippen LogP contribution in [0.3, 0.4) is 0 Å². The van der Waals surface area contributed by atoms with Gasteiger partial charge in [0.1, 0.15) is 23.0 Å². The van der Waals surface area contributed by atoms with Crippen LogP contribution in [-0.4, -0.2) is 40.2 Å². The topological polar surface area (TPSA) is 49.3 Å². The van der Waals surface area contributed by atoms with E-state index in [1.165, 1.54) is 25.7 Å². The summed E-state index contributed by atoms with van der Waals surface area (Å²) in [6.45, 7) is 10.2. The SMILES string of the molecule is C=CCCCCCCOc1ccc(C(=C)Oc2ccc(-c3ccc(OCCCCCCOC)cc3)c(C=NC)c2)cc1. The number of aliphatic imine (C=N–C) groups is 1. The summed E-state index contributed by atoms with van der Waals surface area (Å²) in [5.41, 5.74) is 4.05. The first-order valence-electron chi connectivity index (χ1n) is 15.1. The summed E-state index contributed by atoms with van der Waals surface area (Å²) in [5.74, 6) is 3.03. The molecule has 0 fully saturated rings. The standard InChI is InChI=1S/C37H47NO4/c1-5-6-7-8-9-13-26-40-34-19-15-31(16-20-34)30(2)42-36-23-24-37(33(28-36)29-38-3)32-17-21-35(22-18-32)41-27-14-11-10-12-25-39-4/h5,15-24,28-29H,1-2,6-14,25-27H2,3-4H3. The average molecular weight is 570 g/mol. The molecule has 0 saturated carbocycles. The van der Waals surface area contributed by atoms with Crippen molar-refractivity contribution in [3.63, 3.8) is 0 Å². The number of hydrogen-bond acceptors (Lipinski definition) is 5. The Balaban J connectivity index is 1.52. The van der Waals surface area contributed by atoms with Gasteiger partial charge in [-0.1, -0.05) is 50.1 Å². The van der Waals surface area contributed by atoms with Crippen molar-refractivity contribution in [2.45, 2.75) is 57.8 Å². The van der Waals surface area contributed by atoms with Gasteiger partial charge in [0, 0.05) is 38.1 Å². The first kappa shape index (κ1) is 32.7. The van der Waals surface area contributed by atoms with Crippen LogP contribution in [-0.2, 0) is 4.74 Å². The van der Waals surface area contributed by atoms with Crippen LogP contribution >= 0.6 is 0 Å². The van der Waals surface area contributed by atoms with Crippen LogP contribution in [0, 0.1) is 0 Å². The third-order valence-corrected chi connectivity index (χ3v) is 6.96. The number of unbranched alkanes of at least 4 members (excludes halogenated alkanes) is 7. The van der Waals surface area contributed by atoms with Crippen molar-refractivity contribution in [2.75, 3.05) is 34.0 Å². The smallest absolute Gasteiger partial charge is 0.128 e. The molecule has 0 aliphatic heterocycles. The Hall–Kier alpha value is -3.83. The van der Waals surface area contributed by atoms with Crippen molar-refractivity contribution in [3.05, 3.63) is 97.1 Å². The number of ether oxygens (including phenoxy) is 4. The summed E-state index contributed by atoms with van der Waals surface area (Å²) in [7, 11) is 3.52. The Kier molecular flexibility index (Phi) is 15.0. The molecule has 0 aliphatic carbocycles. The highest BCUT2D eigenvalue weighted by molar-refractivity contribution is 5.91. The lowest BCUT2D eigenvalue weighted by atomic mass is 10.00. The van der Waals surface area contributed by atoms with Gasteiger partial charge < -0.3 is 18.9 Å². The molecule has 0 bridgehead atoms. The molecule has 0 aromatic heterocycles. The molecule has 0 heterocycles. The Morgan fingerprint density at radius 1 is 0.714 bits per heavy atom. The van der Waals surface area contributed by atoms with Gasteiger partial charge in [-0.05, 0) is 98.2 Å². The largest absolute Gasteiger partial charge is 0.494 e. The highest BCUT2D eigenvalue weighted by Crippen LogP contribution is 2.30. The number of hydrogen-bond donors (Lipinski definition) is 0. The van der Waals surface area contributed by atoms with Crippen LogP contribution in [0.2, 0.25) is 0 Å². The molecule has 3 aromatic rings. The molecule has 0 spiro atoms. The van der Waals surface area contributed by atoms with Crippen LogP contribution in [0.4, 0.5) is 0 Å². The maximum atomic E-state index is 6.14. The van der Waals surface area contributed by atoms with Gasteiger partial charge in [0.2, 0.25) is 0 Å². The molecule has 0 atom stereocenters. The fourth-order valence-corrected chi connectivity index (χ4v) is 4.61. The summed E-state index contributed by atoms with van der Waals surface area (Å²) >= 11 is 0. The normalized spacial score (nSPS) is 11.0. The molecule has 3 rings (SSSR count). The van der Waals surface area contributed by atoms with Crippen molar-refractivity contribution in [1.29, 1.82) is 0 Å². The van der Waals surface area contributed by atoms with E-state index in [0.717, 1.165) is 85.7 Å². The summed E-state index contributed by atoms with van der Waals surface area (Å²) in [6.07, 6.45) is 14.0. The van der Waals surface area contributed by atoms with Crippen LogP contribution < -0.4 is 14.2 Å². The van der Waals surface area contributed by atoms with Gasteiger partial charge >= 0.3 is 0 Å². The van der Waals surface area contributed by atoms with Crippen molar-refractivity contribution in [1.82, 2.24) is 0 Å². The van der Waals surface area contributed by atoms with Crippen LogP contribution in [0.25, 0.3) is 16.9 Å². The fourth-order valence-electron chi connectivity index (χ4n) is 4.61. The van der Waals surface area contributed by atoms with Gasteiger partial charge in [-0.15, -0.1) is 6.58 Å². The number of methoxy groups -OCH3 is 1. The fraction of sp³-hybridized carbons (Fsp3) is 0.378. The predicted molar refractivity (Wildman–Crippen MR) is 176 cm³/mol. The zero-order valence-electron chi connectivity index (χ0n) is 25.5. The number of allylic oxidation sites excluding steroid dienone is 1. The van der Waals surface area contributed by atoms with Crippen LogP contribution in [0.1, 0.15) is 68.9 Å². The predicted octanol–water partition coefficient (Wildman–Crippen LogP) is 9.55. The number of benzene rings is 3. The van der Waals surface area contributed by atoms with Gasteiger partial charge in [0.15, 0.2) is 0 Å². The second kappa shape index (κ2) is 19.3. The Morgan fingerprint density at radius 3 is 1.88 bits per heavy atom. The minimum absolute atomic E-state index is 0.580. The van der Waals surface area contributed by atoms with E-state index in [1.807, 2.05) is 60.8 Å². The van der Waals surface area contributed by atoms with E-state index in [2.05, 4.69) is 36.3 Å². The number of rotatable bonds is 21. The van der Waals surface area contributed by atoms with E-state index < -0.39 is 0 Å². The minimum Gasteiger partial charge on any atom is -0.494 e. The zero-order valence-corrected chi connectivity index (χ0v) is 25.5. The molecular weight excluding hydrogens is 522 g/mol. The van der Waals surface area contributed by atoms with Crippen LogP contribution in [0.15, 0.2) is 91.0 Å². The molecule has 0 aliphatic rings. The molecule has 5 nitrogen and oxygen atoms in total. The molecule has 0 N–H and O–H groups in total. The van der Waals surface area contributed by atoms with Gasteiger partial charge in [-0.2, -0.15) is 0 Å². The Bertz CT molecular complexity index is 1230. The third-order valence-electron chi connectivity index (χ3n) is 6.96. The highest BCUT2D eigenvalue weighted by atomic mass is 16.5. The van der Waals surface area contributed by atoms with Gasteiger partial charge in [-0.3, -0.25) is 4.99 Å². The highest BCUT2D eigenvalue weighted by Gasteiger charge is 2.09. The van der Waals surface area contributed by atoms with Crippen LogP contribution in [0.5, 0.6) is 17.2 Å². The lowest BCUT2D eigenvalue weighted by molar-refractivity contribution is 0.191. The molecule has 0 amide bonds. The van der Waals surface area contributed by atoms with Gasteiger partial charge in [0.05, 0.1) is 13.2 Å². The molecule has 3 aromatic carbocycles. The number of nitrogens with zero attached hydrogens (tertiary/aromatic N) is 1. The Morgan fingerprint density at radius 2 is 1.29 bits per heavy atom. The molecule has 0 saturated heterocycles. The minimum atomic E-state index is 0.580. The average Bonchev–Trinajstić information content (AvgIpc) is 3.01. The maximum absolute atomic E-state index is 6.14. The van der Waals surface area contributed by atoms with Gasteiger partial charge in [0.25, 0.3) is 0 Å². The third kappa shape index (κ3) is 11.6. The first-order valence-corrected chi connectivity index (χ1v) is 15.1. The van der Waals surface area contributed by atoms with E-state index in [1.54, 1.807) is 14.2 Å². The van der Waals surface area contributed by atoms with Crippen molar-refractivity contribution >= 4 is 12.0 Å². The van der Waals surface area contributed by atoms with E-state index in [4.69, 9.17) is 18.9 Å². The lowest BCUT2D eigenvalue weighted by Gasteiger charge is -2.13. The maximum Gasteiger partial charge on any atom is 0.128 e. The lowest BCUT2D eigenvalue weighted by Crippen LogP contribution is -1.99. The van der Waals surface area contributed by atoms with Crippen molar-refractivity contribution in [2.24, 2.45) is 4.99 Å². The summed E-state index contributed by atoms with van der Waals surface area (Å²) in [4.78, 5) is 4.27. The molecule has 0 unspecified atom stereocenters. The summed E-state index contributed by atoms with van der Waals surface area (Å²) in [5, 5.41) is 0. The van der Waals surface area contributed by atoms with Gasteiger partial charge in [-0.25, -0.2) is 0 Å². The van der Waals surface area contributed by atoms with Crippen molar-refractivity contribution < 1.29 is 18.9 Å². The first-order chi connectivity index (χ1) is 20.6. The molecule has 0 radical (unpaired) electrons. The summed E-state index contributed by atoms with van der Waals surface area (Å²) < 4.78 is 23.1.